The molecule has 0 atom stereocenters. The average Bonchev–Trinajstić information content (AvgIpc) is 2.29. The molecule has 5 heteroatoms. The molecule has 0 saturated carbocycles. The maximum absolute atomic E-state index is 11.9. The number of methoxy groups -OCH3 is 1. The fourth-order valence-corrected chi connectivity index (χ4v) is 2.12. The van der Waals surface area contributed by atoms with Gasteiger partial charge in [0, 0.05) is 18.9 Å². The molecule has 2 rings (SSSR count). The largest absolute Gasteiger partial charge is 0.497 e. The van der Waals surface area contributed by atoms with E-state index in [1.54, 1.807) is 18.2 Å². The van der Waals surface area contributed by atoms with Crippen molar-refractivity contribution in [2.45, 2.75) is 19.8 Å². The van der Waals surface area contributed by atoms with Crippen molar-refractivity contribution in [3.63, 3.8) is 0 Å². The van der Waals surface area contributed by atoms with E-state index in [9.17, 15) is 9.59 Å². The summed E-state index contributed by atoms with van der Waals surface area (Å²) in [6.07, 6.45) is 0.744. The van der Waals surface area contributed by atoms with Gasteiger partial charge in [-0.2, -0.15) is 0 Å². The molecule has 2 N–H and O–H groups in total. The number of anilines is 2. The van der Waals surface area contributed by atoms with Crippen molar-refractivity contribution in [3.8, 4) is 5.75 Å². The highest BCUT2D eigenvalue weighted by Gasteiger charge is 2.32. The monoisotopic (exact) mass is 248 g/mol. The zero-order valence-corrected chi connectivity index (χ0v) is 10.5. The number of nitrogens with two attached hydrogens (primary N) is 1. The number of rotatable bonds is 2. The van der Waals surface area contributed by atoms with Crippen molar-refractivity contribution < 1.29 is 14.3 Å². The molecule has 0 unspecified atom stereocenters. The Kier molecular flexibility index (Phi) is 3.23. The molecular weight excluding hydrogens is 232 g/mol. The van der Waals surface area contributed by atoms with Crippen molar-refractivity contribution in [2.24, 2.45) is 5.92 Å². The molecule has 0 spiro atoms. The van der Waals surface area contributed by atoms with Crippen molar-refractivity contribution in [1.29, 1.82) is 0 Å². The highest BCUT2D eigenvalue weighted by molar-refractivity contribution is 6.18. The lowest BCUT2D eigenvalue weighted by atomic mass is 9.97. The molecule has 2 amide bonds. The van der Waals surface area contributed by atoms with Crippen LogP contribution in [0.1, 0.15) is 19.8 Å². The fourth-order valence-electron chi connectivity index (χ4n) is 2.12. The summed E-state index contributed by atoms with van der Waals surface area (Å²) in [5.74, 6) is 0.300. The van der Waals surface area contributed by atoms with E-state index < -0.39 is 0 Å². The number of carbonyl (C=O) groups excluding carboxylic acids is 2. The van der Waals surface area contributed by atoms with E-state index in [1.807, 2.05) is 6.92 Å². The Morgan fingerprint density at radius 1 is 1.28 bits per heavy atom. The van der Waals surface area contributed by atoms with Crippen LogP contribution in [0.4, 0.5) is 11.4 Å². The minimum Gasteiger partial charge on any atom is -0.497 e. The van der Waals surface area contributed by atoms with Gasteiger partial charge in [0.15, 0.2) is 0 Å². The molecule has 0 radical (unpaired) electrons. The van der Waals surface area contributed by atoms with Crippen molar-refractivity contribution >= 4 is 23.2 Å². The molecular formula is C13H16N2O3. The molecule has 0 aliphatic carbocycles. The van der Waals surface area contributed by atoms with Gasteiger partial charge in [-0.1, -0.05) is 6.92 Å². The van der Waals surface area contributed by atoms with Gasteiger partial charge in [0.05, 0.1) is 18.5 Å². The first-order valence-corrected chi connectivity index (χ1v) is 5.82. The predicted molar refractivity (Wildman–Crippen MR) is 68.3 cm³/mol. The van der Waals surface area contributed by atoms with Gasteiger partial charge in [-0.05, 0) is 18.1 Å². The Labute approximate surface area is 106 Å². The molecule has 1 aliphatic rings. The third kappa shape index (κ3) is 2.16. The summed E-state index contributed by atoms with van der Waals surface area (Å²) in [5.41, 5.74) is 6.67. The number of ether oxygens (including phenoxy) is 1. The fraction of sp³-hybridized carbons (Fsp3) is 0.385. The predicted octanol–water partition coefficient (Wildman–Crippen LogP) is 1.57. The van der Waals surface area contributed by atoms with Crippen LogP contribution < -0.4 is 15.4 Å². The molecule has 1 aromatic carbocycles. The van der Waals surface area contributed by atoms with Crippen LogP contribution in [0.2, 0.25) is 0 Å². The van der Waals surface area contributed by atoms with Crippen molar-refractivity contribution in [2.75, 3.05) is 17.7 Å². The summed E-state index contributed by atoms with van der Waals surface area (Å²) in [6.45, 7) is 1.89. The second kappa shape index (κ2) is 4.68. The molecule has 96 valence electrons. The Morgan fingerprint density at radius 2 is 1.89 bits per heavy atom. The van der Waals surface area contributed by atoms with Crippen LogP contribution in [0.5, 0.6) is 5.75 Å². The Morgan fingerprint density at radius 3 is 2.39 bits per heavy atom. The number of piperidine rings is 1. The van der Waals surface area contributed by atoms with E-state index in [2.05, 4.69) is 0 Å². The van der Waals surface area contributed by atoms with Gasteiger partial charge in [-0.3, -0.25) is 9.59 Å². The topological polar surface area (TPSA) is 72.6 Å². The summed E-state index contributed by atoms with van der Waals surface area (Å²) < 4.78 is 5.04. The molecule has 1 heterocycles. The lowest BCUT2D eigenvalue weighted by Crippen LogP contribution is -2.43. The zero-order valence-electron chi connectivity index (χ0n) is 10.5. The average molecular weight is 248 g/mol. The zero-order chi connectivity index (χ0) is 13.3. The van der Waals surface area contributed by atoms with Crippen LogP contribution in [-0.2, 0) is 9.59 Å². The quantitative estimate of drug-likeness (QED) is 0.637. The number of benzene rings is 1. The van der Waals surface area contributed by atoms with Crippen LogP contribution in [0, 0.1) is 5.92 Å². The summed E-state index contributed by atoms with van der Waals surface area (Å²) in [6, 6.07) is 4.93. The third-order valence-corrected chi connectivity index (χ3v) is 3.02. The highest BCUT2D eigenvalue weighted by atomic mass is 16.5. The van der Waals surface area contributed by atoms with Gasteiger partial charge >= 0.3 is 0 Å². The first-order chi connectivity index (χ1) is 8.52. The number of carbonyl (C=O) groups is 2. The van der Waals surface area contributed by atoms with Crippen LogP contribution in [-0.4, -0.2) is 18.9 Å². The second-order valence-electron chi connectivity index (χ2n) is 4.56. The molecule has 1 fully saturated rings. The van der Waals surface area contributed by atoms with Crippen LogP contribution in [0.3, 0.4) is 0 Å². The minimum atomic E-state index is -0.199. The van der Waals surface area contributed by atoms with Gasteiger partial charge in [0.25, 0.3) is 0 Å². The number of imide groups is 1. The van der Waals surface area contributed by atoms with Gasteiger partial charge in [-0.15, -0.1) is 0 Å². The van der Waals surface area contributed by atoms with Crippen LogP contribution in [0.25, 0.3) is 0 Å². The summed E-state index contributed by atoms with van der Waals surface area (Å²) in [5, 5.41) is 0. The van der Waals surface area contributed by atoms with E-state index in [1.165, 1.54) is 12.0 Å². The Hall–Kier alpha value is -2.04. The van der Waals surface area contributed by atoms with Gasteiger partial charge in [0.2, 0.25) is 11.8 Å². The standard InChI is InChI=1S/C13H16N2O3/c1-8-5-12(16)15(13(17)6-8)11-4-3-9(18-2)7-10(11)14/h3-4,7-8H,5-6,14H2,1-2H3. The van der Waals surface area contributed by atoms with Gasteiger partial charge in [-0.25, -0.2) is 4.90 Å². The first kappa shape index (κ1) is 12.4. The summed E-state index contributed by atoms with van der Waals surface area (Å²) in [4.78, 5) is 25.1. The lowest BCUT2D eigenvalue weighted by Gasteiger charge is -2.29. The van der Waals surface area contributed by atoms with Gasteiger partial charge in [0.1, 0.15) is 5.75 Å². The number of nitrogen functional groups attached to an aromatic ring is 1. The van der Waals surface area contributed by atoms with E-state index in [-0.39, 0.29) is 17.7 Å². The summed E-state index contributed by atoms with van der Waals surface area (Å²) in [7, 11) is 1.54. The van der Waals surface area contributed by atoms with Crippen LogP contribution in [0.15, 0.2) is 18.2 Å². The molecule has 18 heavy (non-hydrogen) atoms. The van der Waals surface area contributed by atoms with Crippen molar-refractivity contribution in [3.05, 3.63) is 18.2 Å². The molecule has 0 aromatic heterocycles. The molecule has 1 aliphatic heterocycles. The number of hydrogen-bond acceptors (Lipinski definition) is 4. The highest BCUT2D eigenvalue weighted by Crippen LogP contribution is 2.31. The summed E-state index contributed by atoms with van der Waals surface area (Å²) >= 11 is 0. The normalized spacial score (nSPS) is 17.1. The minimum absolute atomic E-state index is 0.0979. The Balaban J connectivity index is 2.36. The Bertz CT molecular complexity index is 481. The lowest BCUT2D eigenvalue weighted by molar-refractivity contribution is -0.130. The molecule has 1 aromatic rings. The number of hydrogen-bond donors (Lipinski definition) is 1. The smallest absolute Gasteiger partial charge is 0.234 e. The number of amides is 2. The maximum Gasteiger partial charge on any atom is 0.234 e. The maximum atomic E-state index is 11.9. The third-order valence-electron chi connectivity index (χ3n) is 3.02. The van der Waals surface area contributed by atoms with E-state index in [0.29, 0.717) is 30.0 Å². The molecule has 5 nitrogen and oxygen atoms in total. The van der Waals surface area contributed by atoms with Gasteiger partial charge < -0.3 is 10.5 Å². The van der Waals surface area contributed by atoms with E-state index in [0.717, 1.165) is 0 Å². The van der Waals surface area contributed by atoms with E-state index in [4.69, 9.17) is 10.5 Å². The van der Waals surface area contributed by atoms with Crippen LogP contribution >= 0.6 is 0 Å². The molecule has 1 saturated heterocycles. The first-order valence-electron chi connectivity index (χ1n) is 5.82. The van der Waals surface area contributed by atoms with E-state index >= 15 is 0 Å². The second-order valence-corrected chi connectivity index (χ2v) is 4.56. The SMILES string of the molecule is COc1ccc(N2C(=O)CC(C)CC2=O)c(N)c1. The van der Waals surface area contributed by atoms with Crippen molar-refractivity contribution in [1.82, 2.24) is 0 Å². The molecule has 0 bridgehead atoms. The number of nitrogens with zero attached hydrogens (tertiary/aromatic N) is 1.